The quantitative estimate of drug-likeness (QED) is 0.525. The minimum atomic E-state index is -1.77. The second-order valence-electron chi connectivity index (χ2n) is 6.77. The monoisotopic (exact) mass is 417 g/mol. The van der Waals surface area contributed by atoms with Crippen molar-refractivity contribution in [3.05, 3.63) is 71.8 Å². The van der Waals surface area contributed by atoms with Gasteiger partial charge in [-0.15, -0.1) is 0 Å². The van der Waals surface area contributed by atoms with Gasteiger partial charge in [0.15, 0.2) is 12.4 Å². The van der Waals surface area contributed by atoms with Gasteiger partial charge in [0.1, 0.15) is 24.9 Å². The van der Waals surface area contributed by atoms with Crippen LogP contribution in [0.15, 0.2) is 60.7 Å². The molecular weight excluding hydrogens is 394 g/mol. The highest BCUT2D eigenvalue weighted by Gasteiger charge is 2.49. The van der Waals surface area contributed by atoms with Crippen LogP contribution in [0.25, 0.3) is 0 Å². The van der Waals surface area contributed by atoms with Crippen molar-refractivity contribution in [3.8, 4) is 0 Å². The van der Waals surface area contributed by atoms with Crippen LogP contribution in [0.1, 0.15) is 11.1 Å². The SMILES string of the molecule is O=C(NC1C(OCc2ccccc2)OC(C(=O)O)C(O)C1O)OCc1ccccc1. The number of aliphatic hydroxyl groups excluding tert-OH is 2. The Morgan fingerprint density at radius 2 is 1.47 bits per heavy atom. The molecule has 2 aromatic rings. The summed E-state index contributed by atoms with van der Waals surface area (Å²) in [5, 5.41) is 32.2. The average molecular weight is 417 g/mol. The largest absolute Gasteiger partial charge is 0.479 e. The Hall–Kier alpha value is -2.98. The van der Waals surface area contributed by atoms with E-state index in [1.165, 1.54) is 0 Å². The Morgan fingerprint density at radius 1 is 0.900 bits per heavy atom. The first-order valence-corrected chi connectivity index (χ1v) is 9.33. The van der Waals surface area contributed by atoms with Gasteiger partial charge in [-0.2, -0.15) is 0 Å². The van der Waals surface area contributed by atoms with Crippen LogP contribution in [0.4, 0.5) is 4.79 Å². The van der Waals surface area contributed by atoms with Crippen LogP contribution in [-0.2, 0) is 32.2 Å². The molecule has 2 aromatic carbocycles. The smallest absolute Gasteiger partial charge is 0.407 e. The average Bonchev–Trinajstić information content (AvgIpc) is 2.76. The van der Waals surface area contributed by atoms with Crippen LogP contribution in [0, 0.1) is 0 Å². The lowest BCUT2D eigenvalue weighted by Gasteiger charge is -2.41. The number of carboxylic acid groups (broad SMARTS) is 1. The fourth-order valence-corrected chi connectivity index (χ4v) is 3.02. The number of benzene rings is 2. The van der Waals surface area contributed by atoms with Crippen molar-refractivity contribution in [1.29, 1.82) is 0 Å². The Labute approximate surface area is 172 Å². The molecule has 1 aliphatic rings. The third kappa shape index (κ3) is 5.55. The van der Waals surface area contributed by atoms with Gasteiger partial charge in [-0.1, -0.05) is 60.7 Å². The maximum atomic E-state index is 12.2. The van der Waals surface area contributed by atoms with Crippen LogP contribution in [0.3, 0.4) is 0 Å². The summed E-state index contributed by atoms with van der Waals surface area (Å²) in [5.74, 6) is -1.46. The van der Waals surface area contributed by atoms with Crippen LogP contribution in [0.5, 0.6) is 0 Å². The summed E-state index contributed by atoms with van der Waals surface area (Å²) in [4.78, 5) is 23.6. The normalized spacial score (nSPS) is 26.0. The number of aliphatic carboxylic acids is 1. The van der Waals surface area contributed by atoms with E-state index >= 15 is 0 Å². The summed E-state index contributed by atoms with van der Waals surface area (Å²) in [6.07, 6.45) is -7.32. The number of aliphatic hydroxyl groups is 2. The number of alkyl carbamates (subject to hydrolysis) is 1. The molecular formula is C21H23NO8. The Bertz CT molecular complexity index is 831. The highest BCUT2D eigenvalue weighted by atomic mass is 16.7. The number of nitrogens with one attached hydrogen (secondary N) is 1. The maximum Gasteiger partial charge on any atom is 0.407 e. The Balaban J connectivity index is 1.67. The number of carbonyl (C=O) groups excluding carboxylic acids is 1. The zero-order chi connectivity index (χ0) is 21.5. The van der Waals surface area contributed by atoms with E-state index in [9.17, 15) is 24.9 Å². The number of carboxylic acids is 1. The van der Waals surface area contributed by atoms with E-state index < -0.39 is 42.7 Å². The molecule has 0 bridgehead atoms. The predicted molar refractivity (Wildman–Crippen MR) is 103 cm³/mol. The predicted octanol–water partition coefficient (Wildman–Crippen LogP) is 1.03. The molecule has 1 fully saturated rings. The molecule has 1 saturated heterocycles. The molecule has 3 rings (SSSR count). The summed E-state index contributed by atoms with van der Waals surface area (Å²) in [6, 6.07) is 16.7. The number of hydrogen-bond donors (Lipinski definition) is 4. The topological polar surface area (TPSA) is 135 Å². The van der Waals surface area contributed by atoms with Crippen LogP contribution in [-0.4, -0.2) is 58.0 Å². The van der Waals surface area contributed by atoms with Gasteiger partial charge in [-0.05, 0) is 11.1 Å². The third-order valence-corrected chi connectivity index (χ3v) is 4.60. The second-order valence-corrected chi connectivity index (χ2v) is 6.77. The third-order valence-electron chi connectivity index (χ3n) is 4.60. The molecule has 0 saturated carbocycles. The second kappa shape index (κ2) is 10.2. The summed E-state index contributed by atoms with van der Waals surface area (Å²) >= 11 is 0. The molecule has 0 radical (unpaired) electrons. The highest BCUT2D eigenvalue weighted by molar-refractivity contribution is 5.73. The molecule has 160 valence electrons. The number of rotatable bonds is 7. The van der Waals surface area contributed by atoms with Gasteiger partial charge in [0.2, 0.25) is 0 Å². The standard InChI is InChI=1S/C21H23NO8/c23-16-15(22-21(27)29-12-14-9-5-2-6-10-14)20(30-18(17(16)24)19(25)26)28-11-13-7-3-1-4-8-13/h1-10,15-18,20,23-24H,11-12H2,(H,22,27)(H,25,26). The van der Waals surface area contributed by atoms with Gasteiger partial charge in [-0.3, -0.25) is 0 Å². The molecule has 0 spiro atoms. The van der Waals surface area contributed by atoms with Crippen molar-refractivity contribution in [1.82, 2.24) is 5.32 Å². The van der Waals surface area contributed by atoms with Crippen LogP contribution in [0.2, 0.25) is 0 Å². The molecule has 1 heterocycles. The van der Waals surface area contributed by atoms with Gasteiger partial charge < -0.3 is 34.8 Å². The van der Waals surface area contributed by atoms with Crippen molar-refractivity contribution in [2.45, 2.75) is 43.9 Å². The first-order chi connectivity index (χ1) is 14.5. The maximum absolute atomic E-state index is 12.2. The van der Waals surface area contributed by atoms with Crippen molar-refractivity contribution in [2.24, 2.45) is 0 Å². The number of amides is 1. The minimum absolute atomic E-state index is 0.00775. The molecule has 0 aromatic heterocycles. The van der Waals surface area contributed by atoms with Crippen molar-refractivity contribution < 1.29 is 39.1 Å². The van der Waals surface area contributed by atoms with Gasteiger partial charge in [-0.25, -0.2) is 9.59 Å². The summed E-state index contributed by atoms with van der Waals surface area (Å²) in [5.41, 5.74) is 1.54. The molecule has 5 atom stereocenters. The van der Waals surface area contributed by atoms with Gasteiger partial charge in [0, 0.05) is 0 Å². The number of carbonyl (C=O) groups is 2. The van der Waals surface area contributed by atoms with Crippen LogP contribution >= 0.6 is 0 Å². The zero-order valence-electron chi connectivity index (χ0n) is 16.0. The van der Waals surface area contributed by atoms with Crippen LogP contribution < -0.4 is 5.32 Å². The van der Waals surface area contributed by atoms with E-state index in [0.717, 1.165) is 11.1 Å². The highest BCUT2D eigenvalue weighted by Crippen LogP contribution is 2.23. The lowest BCUT2D eigenvalue weighted by molar-refractivity contribution is -0.266. The molecule has 4 N–H and O–H groups in total. The lowest BCUT2D eigenvalue weighted by Crippen LogP contribution is -2.65. The molecule has 0 aliphatic carbocycles. The van der Waals surface area contributed by atoms with E-state index in [4.69, 9.17) is 14.2 Å². The first kappa shape index (κ1) is 21.7. The van der Waals surface area contributed by atoms with E-state index in [0.29, 0.717) is 0 Å². The van der Waals surface area contributed by atoms with Crippen molar-refractivity contribution in [3.63, 3.8) is 0 Å². The molecule has 9 heteroatoms. The van der Waals surface area contributed by atoms with Crippen molar-refractivity contribution >= 4 is 12.1 Å². The lowest BCUT2D eigenvalue weighted by atomic mass is 9.97. The fourth-order valence-electron chi connectivity index (χ4n) is 3.02. The zero-order valence-corrected chi connectivity index (χ0v) is 16.0. The number of hydrogen-bond acceptors (Lipinski definition) is 7. The van der Waals surface area contributed by atoms with Gasteiger partial charge in [0.25, 0.3) is 0 Å². The molecule has 30 heavy (non-hydrogen) atoms. The van der Waals surface area contributed by atoms with Gasteiger partial charge >= 0.3 is 12.1 Å². The minimum Gasteiger partial charge on any atom is -0.479 e. The summed E-state index contributed by atoms with van der Waals surface area (Å²) < 4.78 is 16.1. The molecule has 1 amide bonds. The Morgan fingerprint density at radius 3 is 2.03 bits per heavy atom. The van der Waals surface area contributed by atoms with E-state index in [2.05, 4.69) is 5.32 Å². The summed E-state index contributed by atoms with van der Waals surface area (Å²) in [6.45, 7) is 0.0318. The van der Waals surface area contributed by atoms with Gasteiger partial charge in [0.05, 0.1) is 6.61 Å². The number of ether oxygens (including phenoxy) is 3. The molecule has 1 aliphatic heterocycles. The van der Waals surface area contributed by atoms with E-state index in [-0.39, 0.29) is 13.2 Å². The Kier molecular flexibility index (Phi) is 7.36. The van der Waals surface area contributed by atoms with E-state index in [1.54, 1.807) is 48.5 Å². The molecule has 5 unspecified atom stereocenters. The molecule has 9 nitrogen and oxygen atoms in total. The van der Waals surface area contributed by atoms with E-state index in [1.807, 2.05) is 12.1 Å². The first-order valence-electron chi connectivity index (χ1n) is 9.33. The van der Waals surface area contributed by atoms with Crippen molar-refractivity contribution in [2.75, 3.05) is 0 Å². The fraction of sp³-hybridized carbons (Fsp3) is 0.333. The summed E-state index contributed by atoms with van der Waals surface area (Å²) in [7, 11) is 0.